The zero-order valence-corrected chi connectivity index (χ0v) is 14.0. The van der Waals surface area contributed by atoms with E-state index in [0.29, 0.717) is 5.69 Å². The van der Waals surface area contributed by atoms with Crippen LogP contribution in [0.1, 0.15) is 12.1 Å². The number of halogens is 4. The predicted octanol–water partition coefficient (Wildman–Crippen LogP) is 2.21. The van der Waals surface area contributed by atoms with Crippen LogP contribution >= 0.6 is 0 Å². The molecule has 0 spiro atoms. The van der Waals surface area contributed by atoms with Crippen LogP contribution in [0.15, 0.2) is 36.5 Å². The largest absolute Gasteiger partial charge is 0.435 e. The summed E-state index contributed by atoms with van der Waals surface area (Å²) in [5.41, 5.74) is -0.488. The highest BCUT2D eigenvalue weighted by molar-refractivity contribution is 6.00. The fraction of sp³-hybridized carbons (Fsp3) is 0.353. The third kappa shape index (κ3) is 4.44. The van der Waals surface area contributed by atoms with Crippen LogP contribution in [-0.4, -0.2) is 34.7 Å². The molecule has 1 aromatic heterocycles. The first-order chi connectivity index (χ1) is 12.7. The summed E-state index contributed by atoms with van der Waals surface area (Å²) in [6, 6.07) is 6.25. The number of alkyl halides is 3. The molecule has 2 amide bonds. The van der Waals surface area contributed by atoms with Gasteiger partial charge < -0.3 is 10.2 Å². The summed E-state index contributed by atoms with van der Waals surface area (Å²) < 4.78 is 51.5. The molecule has 2 heterocycles. The molecule has 1 saturated heterocycles. The van der Waals surface area contributed by atoms with Crippen molar-refractivity contribution < 1.29 is 27.2 Å². The molecule has 1 atom stereocenters. The summed E-state index contributed by atoms with van der Waals surface area (Å²) in [7, 11) is 0. The van der Waals surface area contributed by atoms with Gasteiger partial charge in [0.1, 0.15) is 5.82 Å². The van der Waals surface area contributed by atoms with E-state index in [0.717, 1.165) is 10.7 Å². The molecule has 0 saturated carbocycles. The summed E-state index contributed by atoms with van der Waals surface area (Å²) in [6.45, 7) is 0.319. The van der Waals surface area contributed by atoms with Crippen molar-refractivity contribution in [1.82, 2.24) is 15.1 Å². The van der Waals surface area contributed by atoms with Gasteiger partial charge in [-0.3, -0.25) is 14.3 Å². The van der Waals surface area contributed by atoms with E-state index in [1.165, 1.54) is 35.4 Å². The van der Waals surface area contributed by atoms with Gasteiger partial charge in [-0.15, -0.1) is 0 Å². The third-order valence-corrected chi connectivity index (χ3v) is 4.21. The Morgan fingerprint density at radius 2 is 1.93 bits per heavy atom. The van der Waals surface area contributed by atoms with E-state index in [1.54, 1.807) is 0 Å². The monoisotopic (exact) mass is 384 g/mol. The molecule has 27 heavy (non-hydrogen) atoms. The Hall–Kier alpha value is -2.91. The lowest BCUT2D eigenvalue weighted by molar-refractivity contribution is -0.141. The van der Waals surface area contributed by atoms with E-state index in [4.69, 9.17) is 0 Å². The predicted molar refractivity (Wildman–Crippen MR) is 87.1 cm³/mol. The molecule has 1 unspecified atom stereocenters. The molecular formula is C17H16F4N4O2. The minimum atomic E-state index is -4.51. The van der Waals surface area contributed by atoms with E-state index in [-0.39, 0.29) is 37.9 Å². The number of anilines is 1. The average molecular weight is 384 g/mol. The quantitative estimate of drug-likeness (QED) is 0.804. The molecule has 1 aromatic carbocycles. The van der Waals surface area contributed by atoms with Crippen LogP contribution in [0.3, 0.4) is 0 Å². The Bertz CT molecular complexity index is 832. The molecule has 10 heteroatoms. The molecule has 0 radical (unpaired) electrons. The Morgan fingerprint density at radius 3 is 2.56 bits per heavy atom. The molecule has 0 aliphatic carbocycles. The van der Waals surface area contributed by atoms with Gasteiger partial charge in [-0.1, -0.05) is 0 Å². The highest BCUT2D eigenvalue weighted by Gasteiger charge is 2.35. The number of carbonyl (C=O) groups is 2. The van der Waals surface area contributed by atoms with Crippen molar-refractivity contribution in [3.8, 4) is 0 Å². The van der Waals surface area contributed by atoms with Crippen molar-refractivity contribution >= 4 is 17.5 Å². The maximum absolute atomic E-state index is 13.0. The van der Waals surface area contributed by atoms with Crippen LogP contribution < -0.4 is 10.2 Å². The van der Waals surface area contributed by atoms with Crippen LogP contribution in [-0.2, 0) is 22.3 Å². The molecule has 1 fully saturated rings. The first kappa shape index (κ1) is 18.9. The van der Waals surface area contributed by atoms with Gasteiger partial charge in [0.2, 0.25) is 11.8 Å². The second kappa shape index (κ2) is 7.37. The van der Waals surface area contributed by atoms with Gasteiger partial charge in [-0.2, -0.15) is 18.3 Å². The van der Waals surface area contributed by atoms with Crippen LogP contribution in [0.25, 0.3) is 0 Å². The fourth-order valence-corrected chi connectivity index (χ4v) is 2.83. The summed E-state index contributed by atoms with van der Waals surface area (Å²) in [5, 5.41) is 6.00. The number of aromatic nitrogens is 2. The normalized spacial score (nSPS) is 17.4. The summed E-state index contributed by atoms with van der Waals surface area (Å²) >= 11 is 0. The number of benzene rings is 1. The molecule has 144 valence electrons. The van der Waals surface area contributed by atoms with E-state index < -0.39 is 23.6 Å². The van der Waals surface area contributed by atoms with Gasteiger partial charge in [-0.05, 0) is 30.3 Å². The Kier molecular flexibility index (Phi) is 5.15. The first-order valence-corrected chi connectivity index (χ1v) is 8.18. The average Bonchev–Trinajstić information content (AvgIpc) is 3.22. The van der Waals surface area contributed by atoms with Crippen LogP contribution in [0, 0.1) is 11.7 Å². The molecule has 6 nitrogen and oxygen atoms in total. The van der Waals surface area contributed by atoms with Crippen LogP contribution in [0.2, 0.25) is 0 Å². The number of hydrogen-bond acceptors (Lipinski definition) is 3. The van der Waals surface area contributed by atoms with Gasteiger partial charge in [0.15, 0.2) is 5.69 Å². The standard InChI is InChI=1S/C17H16F4N4O2/c18-12-1-3-13(4-2-12)25-10-11(9-15(25)26)16(27)22-6-8-24-7-5-14(23-24)17(19,20)21/h1-5,7,11H,6,8-10H2,(H,22,27). The van der Waals surface area contributed by atoms with Crippen molar-refractivity contribution in [3.63, 3.8) is 0 Å². The minimum absolute atomic E-state index is 0.0171. The number of hydrogen-bond donors (Lipinski definition) is 1. The lowest BCUT2D eigenvalue weighted by Crippen LogP contribution is -2.34. The summed E-state index contributed by atoms with van der Waals surface area (Å²) in [4.78, 5) is 25.7. The number of nitrogens with one attached hydrogen (secondary N) is 1. The van der Waals surface area contributed by atoms with Crippen molar-refractivity contribution in [2.75, 3.05) is 18.0 Å². The van der Waals surface area contributed by atoms with E-state index in [1.807, 2.05) is 0 Å². The number of carbonyl (C=O) groups excluding carboxylic acids is 2. The second-order valence-corrected chi connectivity index (χ2v) is 6.13. The smallest absolute Gasteiger partial charge is 0.354 e. The first-order valence-electron chi connectivity index (χ1n) is 8.18. The molecular weight excluding hydrogens is 368 g/mol. The zero-order chi connectivity index (χ0) is 19.6. The van der Waals surface area contributed by atoms with Crippen molar-refractivity contribution in [1.29, 1.82) is 0 Å². The second-order valence-electron chi connectivity index (χ2n) is 6.13. The van der Waals surface area contributed by atoms with Crippen molar-refractivity contribution in [3.05, 3.63) is 48.0 Å². The molecule has 2 aromatic rings. The Labute approximate surface area is 151 Å². The maximum atomic E-state index is 13.0. The van der Waals surface area contributed by atoms with Crippen molar-refractivity contribution in [2.45, 2.75) is 19.1 Å². The summed E-state index contributed by atoms with van der Waals surface area (Å²) in [5.74, 6) is -1.61. The van der Waals surface area contributed by atoms with Crippen LogP contribution in [0.5, 0.6) is 0 Å². The molecule has 3 rings (SSSR count). The highest BCUT2D eigenvalue weighted by atomic mass is 19.4. The van der Waals surface area contributed by atoms with Gasteiger partial charge in [0.05, 0.1) is 12.5 Å². The SMILES string of the molecule is O=C(NCCn1ccc(C(F)(F)F)n1)C1CC(=O)N(c2ccc(F)cc2)C1. The number of rotatable bonds is 5. The third-order valence-electron chi connectivity index (χ3n) is 4.21. The zero-order valence-electron chi connectivity index (χ0n) is 14.0. The molecule has 0 bridgehead atoms. The number of amides is 2. The summed E-state index contributed by atoms with van der Waals surface area (Å²) in [6.07, 6.45) is -3.31. The van der Waals surface area contributed by atoms with E-state index in [2.05, 4.69) is 10.4 Å². The van der Waals surface area contributed by atoms with Crippen LogP contribution in [0.4, 0.5) is 23.2 Å². The Balaban J connectivity index is 1.51. The number of nitrogens with zero attached hydrogens (tertiary/aromatic N) is 3. The lowest BCUT2D eigenvalue weighted by atomic mass is 10.1. The maximum Gasteiger partial charge on any atom is 0.435 e. The van der Waals surface area contributed by atoms with Gasteiger partial charge in [0, 0.05) is 31.4 Å². The molecule has 1 aliphatic heterocycles. The molecule has 1 aliphatic rings. The van der Waals surface area contributed by atoms with Gasteiger partial charge >= 0.3 is 6.18 Å². The van der Waals surface area contributed by atoms with Crippen molar-refractivity contribution in [2.24, 2.45) is 5.92 Å². The fourth-order valence-electron chi connectivity index (χ4n) is 2.83. The van der Waals surface area contributed by atoms with E-state index >= 15 is 0 Å². The van der Waals surface area contributed by atoms with E-state index in [9.17, 15) is 27.2 Å². The van der Waals surface area contributed by atoms with Gasteiger partial charge in [-0.25, -0.2) is 4.39 Å². The highest BCUT2D eigenvalue weighted by Crippen LogP contribution is 2.27. The Morgan fingerprint density at radius 1 is 1.22 bits per heavy atom. The minimum Gasteiger partial charge on any atom is -0.354 e. The lowest BCUT2D eigenvalue weighted by Gasteiger charge is -2.16. The van der Waals surface area contributed by atoms with Gasteiger partial charge in [0.25, 0.3) is 0 Å². The molecule has 1 N–H and O–H groups in total. The topological polar surface area (TPSA) is 67.2 Å².